The molecule has 1 atom stereocenters. The van der Waals surface area contributed by atoms with Gasteiger partial charge in [-0.15, -0.1) is 11.3 Å². The summed E-state index contributed by atoms with van der Waals surface area (Å²) in [5.74, 6) is 0.775. The highest BCUT2D eigenvalue weighted by Crippen LogP contribution is 2.27. The zero-order valence-corrected chi connectivity index (χ0v) is 17.5. The maximum absolute atomic E-state index is 12.6. The van der Waals surface area contributed by atoms with Crippen molar-refractivity contribution in [3.8, 4) is 5.75 Å². The molecule has 2 aromatic carbocycles. The zero-order chi connectivity index (χ0) is 20.6. The number of amides is 2. The molecule has 3 N–H and O–H groups in total. The SMILES string of the molecule is COc1ccc(CC(NC(=O)Nc2ccc(Cl)cc2)c2scnc2CCO)cc1. The number of methoxy groups -OCH3 is 1. The van der Waals surface area contributed by atoms with Crippen molar-refractivity contribution in [3.05, 3.63) is 75.2 Å². The van der Waals surface area contributed by atoms with Crippen molar-refractivity contribution in [1.29, 1.82) is 0 Å². The first kappa shape index (κ1) is 21.1. The van der Waals surface area contributed by atoms with E-state index in [0.717, 1.165) is 21.9 Å². The molecule has 0 bridgehead atoms. The minimum Gasteiger partial charge on any atom is -0.497 e. The van der Waals surface area contributed by atoms with Crippen molar-refractivity contribution < 1.29 is 14.6 Å². The van der Waals surface area contributed by atoms with Gasteiger partial charge in [0.1, 0.15) is 5.75 Å². The normalized spacial score (nSPS) is 11.7. The highest BCUT2D eigenvalue weighted by atomic mass is 35.5. The van der Waals surface area contributed by atoms with Crippen LogP contribution in [0.25, 0.3) is 0 Å². The molecule has 1 heterocycles. The standard InChI is InChI=1S/C21H22ClN3O3S/c1-28-17-8-2-14(3-9-17)12-19(20-18(10-11-26)23-13-29-20)25-21(27)24-16-6-4-15(22)5-7-16/h2-9,13,19,26H,10-12H2,1H3,(H2,24,25,27). The second-order valence-corrected chi connectivity index (χ2v) is 7.67. The van der Waals surface area contributed by atoms with Crippen LogP contribution in [0.3, 0.4) is 0 Å². The van der Waals surface area contributed by atoms with Crippen molar-refractivity contribution in [2.24, 2.45) is 0 Å². The lowest BCUT2D eigenvalue weighted by Gasteiger charge is -2.19. The van der Waals surface area contributed by atoms with Crippen LogP contribution < -0.4 is 15.4 Å². The molecule has 0 saturated carbocycles. The minimum absolute atomic E-state index is 0.00294. The van der Waals surface area contributed by atoms with Gasteiger partial charge in [0.25, 0.3) is 0 Å². The summed E-state index contributed by atoms with van der Waals surface area (Å²) in [4.78, 5) is 17.9. The van der Waals surface area contributed by atoms with Gasteiger partial charge in [0.2, 0.25) is 0 Å². The first-order chi connectivity index (χ1) is 14.1. The summed E-state index contributed by atoms with van der Waals surface area (Å²) in [5, 5.41) is 15.8. The highest BCUT2D eigenvalue weighted by molar-refractivity contribution is 7.09. The molecule has 0 aliphatic heterocycles. The number of anilines is 1. The minimum atomic E-state index is -0.325. The Morgan fingerprint density at radius 2 is 1.93 bits per heavy atom. The first-order valence-corrected chi connectivity index (χ1v) is 10.3. The molecule has 2 amide bonds. The summed E-state index contributed by atoms with van der Waals surface area (Å²) < 4.78 is 5.21. The zero-order valence-electron chi connectivity index (χ0n) is 15.9. The maximum atomic E-state index is 12.6. The van der Waals surface area contributed by atoms with E-state index in [4.69, 9.17) is 16.3 Å². The largest absolute Gasteiger partial charge is 0.497 e. The first-order valence-electron chi connectivity index (χ1n) is 9.08. The Kier molecular flexibility index (Phi) is 7.46. The smallest absolute Gasteiger partial charge is 0.319 e. The molecule has 3 aromatic rings. The van der Waals surface area contributed by atoms with E-state index in [-0.39, 0.29) is 18.7 Å². The van der Waals surface area contributed by atoms with Gasteiger partial charge in [-0.1, -0.05) is 23.7 Å². The van der Waals surface area contributed by atoms with Gasteiger partial charge in [0.15, 0.2) is 0 Å². The molecule has 8 heteroatoms. The fourth-order valence-corrected chi connectivity index (χ4v) is 3.94. The molecule has 1 aromatic heterocycles. The number of urea groups is 1. The average molecular weight is 432 g/mol. The lowest BCUT2D eigenvalue weighted by atomic mass is 10.0. The number of ether oxygens (including phenoxy) is 1. The molecule has 6 nitrogen and oxygen atoms in total. The third kappa shape index (κ3) is 5.93. The van der Waals surface area contributed by atoms with Crippen LogP contribution in [0.15, 0.2) is 54.0 Å². The van der Waals surface area contributed by atoms with Crippen molar-refractivity contribution in [3.63, 3.8) is 0 Å². The molecule has 0 aliphatic carbocycles. The van der Waals surface area contributed by atoms with E-state index in [1.165, 1.54) is 11.3 Å². The summed E-state index contributed by atoms with van der Waals surface area (Å²) in [5.41, 5.74) is 4.23. The van der Waals surface area contributed by atoms with Gasteiger partial charge in [0, 0.05) is 23.7 Å². The average Bonchev–Trinajstić information content (AvgIpc) is 3.18. The monoisotopic (exact) mass is 431 g/mol. The van der Waals surface area contributed by atoms with Crippen LogP contribution in [0, 0.1) is 0 Å². The molecule has 3 rings (SSSR count). The van der Waals surface area contributed by atoms with E-state index in [1.54, 1.807) is 36.9 Å². The van der Waals surface area contributed by atoms with Crippen molar-refractivity contribution in [1.82, 2.24) is 10.3 Å². The second-order valence-electron chi connectivity index (χ2n) is 6.35. The van der Waals surface area contributed by atoms with Crippen molar-refractivity contribution in [2.75, 3.05) is 19.0 Å². The van der Waals surface area contributed by atoms with E-state index in [2.05, 4.69) is 15.6 Å². The molecule has 29 heavy (non-hydrogen) atoms. The number of nitrogens with one attached hydrogen (secondary N) is 2. The number of aromatic nitrogens is 1. The lowest BCUT2D eigenvalue weighted by molar-refractivity contribution is 0.248. The number of hydrogen-bond donors (Lipinski definition) is 3. The number of halogens is 1. The molecular formula is C21H22ClN3O3S. The van der Waals surface area contributed by atoms with Crippen LogP contribution >= 0.6 is 22.9 Å². The fraction of sp³-hybridized carbons (Fsp3) is 0.238. The van der Waals surface area contributed by atoms with E-state index in [9.17, 15) is 9.90 Å². The molecule has 0 saturated heterocycles. The topological polar surface area (TPSA) is 83.5 Å². The number of carbonyl (C=O) groups excluding carboxylic acids is 1. The number of thiazole rings is 1. The summed E-state index contributed by atoms with van der Waals surface area (Å²) in [6.07, 6.45) is 1.02. The molecule has 152 valence electrons. The van der Waals surface area contributed by atoms with Crippen LogP contribution in [0.1, 0.15) is 22.2 Å². The molecular weight excluding hydrogens is 410 g/mol. The van der Waals surface area contributed by atoms with E-state index in [0.29, 0.717) is 23.6 Å². The van der Waals surface area contributed by atoms with Gasteiger partial charge in [-0.05, 0) is 48.4 Å². The Balaban J connectivity index is 1.78. The van der Waals surface area contributed by atoms with Crippen molar-refractivity contribution in [2.45, 2.75) is 18.9 Å². The third-order valence-corrected chi connectivity index (χ3v) is 5.58. The van der Waals surface area contributed by atoms with Crippen LogP contribution in [0.5, 0.6) is 5.75 Å². The van der Waals surface area contributed by atoms with Gasteiger partial charge in [-0.2, -0.15) is 0 Å². The Morgan fingerprint density at radius 3 is 2.59 bits per heavy atom. The predicted molar refractivity (Wildman–Crippen MR) is 116 cm³/mol. The summed E-state index contributed by atoms with van der Waals surface area (Å²) >= 11 is 7.36. The number of aliphatic hydroxyl groups excluding tert-OH is 1. The third-order valence-electron chi connectivity index (χ3n) is 4.34. The van der Waals surface area contributed by atoms with Gasteiger partial charge in [-0.3, -0.25) is 0 Å². The summed E-state index contributed by atoms with van der Waals surface area (Å²) in [7, 11) is 1.62. The summed E-state index contributed by atoms with van der Waals surface area (Å²) in [6, 6.07) is 14.0. The number of aliphatic hydroxyl groups is 1. The number of hydrogen-bond acceptors (Lipinski definition) is 5. The van der Waals surface area contributed by atoms with Gasteiger partial charge in [0.05, 0.1) is 29.2 Å². The lowest BCUT2D eigenvalue weighted by Crippen LogP contribution is -2.33. The van der Waals surface area contributed by atoms with Crippen LogP contribution in [0.2, 0.25) is 5.02 Å². The number of rotatable bonds is 8. The molecule has 0 radical (unpaired) electrons. The number of nitrogens with zero attached hydrogens (tertiary/aromatic N) is 1. The van der Waals surface area contributed by atoms with E-state index in [1.807, 2.05) is 24.3 Å². The fourth-order valence-electron chi connectivity index (χ4n) is 2.92. The number of carbonyl (C=O) groups is 1. The van der Waals surface area contributed by atoms with Crippen LogP contribution in [0.4, 0.5) is 10.5 Å². The predicted octanol–water partition coefficient (Wildman–Crippen LogP) is 4.45. The van der Waals surface area contributed by atoms with Gasteiger partial charge < -0.3 is 20.5 Å². The Bertz CT molecular complexity index is 929. The Hall–Kier alpha value is -2.61. The highest BCUT2D eigenvalue weighted by Gasteiger charge is 2.21. The molecule has 0 spiro atoms. The van der Waals surface area contributed by atoms with Crippen LogP contribution in [-0.2, 0) is 12.8 Å². The Morgan fingerprint density at radius 1 is 1.21 bits per heavy atom. The van der Waals surface area contributed by atoms with Crippen LogP contribution in [-0.4, -0.2) is 29.8 Å². The van der Waals surface area contributed by atoms with Gasteiger partial charge in [-0.25, -0.2) is 9.78 Å². The maximum Gasteiger partial charge on any atom is 0.319 e. The van der Waals surface area contributed by atoms with E-state index < -0.39 is 0 Å². The molecule has 0 fully saturated rings. The second kappa shape index (κ2) is 10.2. The van der Waals surface area contributed by atoms with Crippen molar-refractivity contribution >= 4 is 34.7 Å². The van der Waals surface area contributed by atoms with Gasteiger partial charge >= 0.3 is 6.03 Å². The summed E-state index contributed by atoms with van der Waals surface area (Å²) in [6.45, 7) is 0.00294. The number of benzene rings is 2. The Labute approximate surface area is 178 Å². The quantitative estimate of drug-likeness (QED) is 0.492. The molecule has 0 aliphatic rings. The molecule has 1 unspecified atom stereocenters. The van der Waals surface area contributed by atoms with E-state index >= 15 is 0 Å².